The van der Waals surface area contributed by atoms with Crippen LogP contribution in [0.3, 0.4) is 0 Å². The van der Waals surface area contributed by atoms with E-state index in [9.17, 15) is 17.6 Å². The summed E-state index contributed by atoms with van der Waals surface area (Å²) in [7, 11) is 0. The molecule has 0 radical (unpaired) electrons. The maximum atomic E-state index is 13.5. The Morgan fingerprint density at radius 3 is 2.70 bits per heavy atom. The predicted octanol–water partition coefficient (Wildman–Crippen LogP) is 3.75. The average molecular weight is 285 g/mol. The number of nitrogens with one attached hydrogen (secondary N) is 1. The lowest BCUT2D eigenvalue weighted by Crippen LogP contribution is -2.07. The zero-order valence-electron chi connectivity index (χ0n) is 10.3. The van der Waals surface area contributed by atoms with Crippen molar-refractivity contribution in [1.29, 1.82) is 0 Å². The molecule has 1 aromatic carbocycles. The Balaban J connectivity index is 2.14. The van der Waals surface area contributed by atoms with Crippen molar-refractivity contribution in [3.63, 3.8) is 0 Å². The van der Waals surface area contributed by atoms with E-state index in [1.807, 2.05) is 0 Å². The second-order valence-electron chi connectivity index (χ2n) is 4.06. The Morgan fingerprint density at radius 2 is 2.10 bits per heavy atom. The highest BCUT2D eigenvalue weighted by Crippen LogP contribution is 2.31. The van der Waals surface area contributed by atoms with E-state index in [2.05, 4.69) is 17.0 Å². The number of hydrogen-bond donors (Lipinski definition) is 1. The lowest BCUT2D eigenvalue weighted by molar-refractivity contribution is -0.137. The molecule has 0 aliphatic heterocycles. The van der Waals surface area contributed by atoms with E-state index >= 15 is 0 Å². The second kappa shape index (κ2) is 5.36. The highest BCUT2D eigenvalue weighted by Gasteiger charge is 2.31. The van der Waals surface area contributed by atoms with Crippen LogP contribution in [-0.4, -0.2) is 9.78 Å². The fraction of sp³-hybridized carbons (Fsp3) is 0.154. The smallest absolute Gasteiger partial charge is 0.378 e. The molecule has 0 unspecified atom stereocenters. The summed E-state index contributed by atoms with van der Waals surface area (Å²) in [6, 6.07) is 2.24. The van der Waals surface area contributed by atoms with Crippen molar-refractivity contribution in [1.82, 2.24) is 9.78 Å². The van der Waals surface area contributed by atoms with E-state index < -0.39 is 17.6 Å². The molecular weight excluding hydrogens is 274 g/mol. The first-order chi connectivity index (χ1) is 9.40. The van der Waals surface area contributed by atoms with Crippen molar-refractivity contribution >= 4 is 11.9 Å². The third-order valence-electron chi connectivity index (χ3n) is 2.62. The minimum atomic E-state index is -4.50. The molecule has 0 atom stereocenters. The molecule has 0 spiro atoms. The molecule has 1 N–H and O–H groups in total. The summed E-state index contributed by atoms with van der Waals surface area (Å²) in [5.41, 5.74) is -0.406. The van der Waals surface area contributed by atoms with Crippen molar-refractivity contribution in [3.8, 4) is 0 Å². The minimum absolute atomic E-state index is 0.159. The van der Waals surface area contributed by atoms with Gasteiger partial charge >= 0.3 is 6.18 Å². The van der Waals surface area contributed by atoms with Gasteiger partial charge in [0.2, 0.25) is 0 Å². The molecule has 2 rings (SSSR count). The van der Waals surface area contributed by atoms with Crippen molar-refractivity contribution in [2.24, 2.45) is 0 Å². The zero-order chi connectivity index (χ0) is 14.8. The van der Waals surface area contributed by atoms with Gasteiger partial charge in [0, 0.05) is 24.5 Å². The Hall–Kier alpha value is -2.31. The van der Waals surface area contributed by atoms with Crippen LogP contribution in [0.15, 0.2) is 37.2 Å². The van der Waals surface area contributed by atoms with Crippen molar-refractivity contribution in [2.75, 3.05) is 5.32 Å². The van der Waals surface area contributed by atoms with Gasteiger partial charge < -0.3 is 5.32 Å². The molecule has 2 aromatic rings. The molecule has 20 heavy (non-hydrogen) atoms. The Morgan fingerprint density at radius 1 is 1.35 bits per heavy atom. The standard InChI is InChI=1S/C13H11F4N3/c1-2-20-8-9(7-19-20)6-18-12-5-10(13(15,16)17)3-4-11(12)14/h2-5,7-8,18H,1,6H2. The molecule has 3 nitrogen and oxygen atoms in total. The van der Waals surface area contributed by atoms with Gasteiger partial charge in [-0.05, 0) is 18.2 Å². The van der Waals surface area contributed by atoms with Crippen LogP contribution in [0, 0.1) is 5.82 Å². The van der Waals surface area contributed by atoms with E-state index in [0.29, 0.717) is 11.6 Å². The minimum Gasteiger partial charge on any atom is -0.378 e. The van der Waals surface area contributed by atoms with Crippen LogP contribution in [0.1, 0.15) is 11.1 Å². The van der Waals surface area contributed by atoms with Crippen molar-refractivity contribution in [2.45, 2.75) is 12.7 Å². The molecule has 0 aliphatic rings. The van der Waals surface area contributed by atoms with Gasteiger partial charge in [0.15, 0.2) is 0 Å². The summed E-state index contributed by atoms with van der Waals surface area (Å²) < 4.78 is 52.5. The van der Waals surface area contributed by atoms with Crippen LogP contribution in [0.5, 0.6) is 0 Å². The molecule has 0 aliphatic carbocycles. The third-order valence-corrected chi connectivity index (χ3v) is 2.62. The molecule has 106 valence electrons. The first-order valence-corrected chi connectivity index (χ1v) is 5.66. The van der Waals surface area contributed by atoms with Crippen LogP contribution in [0.25, 0.3) is 6.20 Å². The number of alkyl halides is 3. The monoisotopic (exact) mass is 285 g/mol. The quantitative estimate of drug-likeness (QED) is 0.867. The number of nitrogens with zero attached hydrogens (tertiary/aromatic N) is 2. The second-order valence-corrected chi connectivity index (χ2v) is 4.06. The van der Waals surface area contributed by atoms with Gasteiger partial charge in [-0.2, -0.15) is 18.3 Å². The summed E-state index contributed by atoms with van der Waals surface area (Å²) >= 11 is 0. The summed E-state index contributed by atoms with van der Waals surface area (Å²) in [5.74, 6) is -0.742. The zero-order valence-corrected chi connectivity index (χ0v) is 10.3. The van der Waals surface area contributed by atoms with E-state index in [-0.39, 0.29) is 12.2 Å². The molecule has 0 fully saturated rings. The van der Waals surface area contributed by atoms with Crippen molar-refractivity contribution < 1.29 is 17.6 Å². The van der Waals surface area contributed by atoms with Crippen LogP contribution in [0.4, 0.5) is 23.2 Å². The van der Waals surface area contributed by atoms with Gasteiger partial charge in [0.1, 0.15) is 5.82 Å². The first-order valence-electron chi connectivity index (χ1n) is 5.66. The van der Waals surface area contributed by atoms with E-state index in [0.717, 1.165) is 12.1 Å². The molecule has 7 heteroatoms. The SMILES string of the molecule is C=Cn1cc(CNc2cc(C(F)(F)F)ccc2F)cn1. The lowest BCUT2D eigenvalue weighted by Gasteiger charge is -2.11. The van der Waals surface area contributed by atoms with Gasteiger partial charge in [-0.15, -0.1) is 0 Å². The van der Waals surface area contributed by atoms with Gasteiger partial charge in [0.25, 0.3) is 0 Å². The topological polar surface area (TPSA) is 29.9 Å². The Bertz CT molecular complexity index is 616. The summed E-state index contributed by atoms with van der Waals surface area (Å²) in [4.78, 5) is 0. The maximum Gasteiger partial charge on any atom is 0.416 e. The van der Waals surface area contributed by atoms with Gasteiger partial charge in [-0.1, -0.05) is 6.58 Å². The Kier molecular flexibility index (Phi) is 3.78. The Labute approximate surface area is 112 Å². The molecular formula is C13H11F4N3. The van der Waals surface area contributed by atoms with Gasteiger partial charge in [-0.25, -0.2) is 9.07 Å². The third kappa shape index (κ3) is 3.17. The van der Waals surface area contributed by atoms with Crippen molar-refractivity contribution in [3.05, 3.63) is 54.1 Å². The molecule has 0 bridgehead atoms. The fourth-order valence-corrected chi connectivity index (χ4v) is 1.60. The normalized spacial score (nSPS) is 11.4. The first kappa shape index (κ1) is 14.1. The molecule has 0 saturated carbocycles. The number of benzene rings is 1. The molecule has 0 amide bonds. The maximum absolute atomic E-state index is 13.5. The van der Waals surface area contributed by atoms with Gasteiger partial charge in [-0.3, -0.25) is 0 Å². The van der Waals surface area contributed by atoms with Crippen LogP contribution in [-0.2, 0) is 12.7 Å². The summed E-state index contributed by atoms with van der Waals surface area (Å²) in [6.45, 7) is 3.67. The predicted molar refractivity (Wildman–Crippen MR) is 67.3 cm³/mol. The highest BCUT2D eigenvalue weighted by atomic mass is 19.4. The largest absolute Gasteiger partial charge is 0.416 e. The number of anilines is 1. The van der Waals surface area contributed by atoms with E-state index in [1.165, 1.54) is 17.1 Å². The fourth-order valence-electron chi connectivity index (χ4n) is 1.60. The van der Waals surface area contributed by atoms with Gasteiger partial charge in [0.05, 0.1) is 17.4 Å². The number of halogens is 4. The van der Waals surface area contributed by atoms with Crippen LogP contribution in [0.2, 0.25) is 0 Å². The lowest BCUT2D eigenvalue weighted by atomic mass is 10.2. The number of aromatic nitrogens is 2. The van der Waals surface area contributed by atoms with Crippen LogP contribution < -0.4 is 5.32 Å². The van der Waals surface area contributed by atoms with E-state index in [4.69, 9.17) is 0 Å². The number of rotatable bonds is 4. The molecule has 1 aromatic heterocycles. The number of hydrogen-bond acceptors (Lipinski definition) is 2. The average Bonchev–Trinajstić information content (AvgIpc) is 2.84. The summed E-state index contributed by atoms with van der Waals surface area (Å²) in [5, 5.41) is 6.53. The highest BCUT2D eigenvalue weighted by molar-refractivity contribution is 5.48. The van der Waals surface area contributed by atoms with Crippen LogP contribution >= 0.6 is 0 Å². The van der Waals surface area contributed by atoms with E-state index in [1.54, 1.807) is 6.20 Å². The molecule has 1 heterocycles. The molecule has 0 saturated heterocycles. The summed E-state index contributed by atoms with van der Waals surface area (Å²) in [6.07, 6.45) is 0.109.